The number of allylic oxidation sites excluding steroid dienone is 5. The van der Waals surface area contributed by atoms with Crippen molar-refractivity contribution in [1.82, 2.24) is 0 Å². The first kappa shape index (κ1) is 23.1. The molecule has 1 fully saturated rings. The Balaban J connectivity index is 1.90. The molecule has 3 atom stereocenters. The summed E-state index contributed by atoms with van der Waals surface area (Å²) in [4.78, 5) is 24.0. The van der Waals surface area contributed by atoms with Gasteiger partial charge in [0.25, 0.3) is 0 Å². The molecule has 0 unspecified atom stereocenters. The van der Waals surface area contributed by atoms with Crippen LogP contribution < -0.4 is 0 Å². The summed E-state index contributed by atoms with van der Waals surface area (Å²) < 4.78 is 16.3. The number of esters is 1. The quantitative estimate of drug-likeness (QED) is 0.293. The summed E-state index contributed by atoms with van der Waals surface area (Å²) in [6.07, 6.45) is 11.5. The molecule has 1 aliphatic heterocycles. The fourth-order valence-electron chi connectivity index (χ4n) is 3.58. The molecule has 0 aromatic carbocycles. The Morgan fingerprint density at radius 2 is 1.69 bits per heavy atom. The molecule has 1 saturated heterocycles. The minimum Gasteiger partial charge on any atom is -0.497 e. The smallest absolute Gasteiger partial charge is 0.303 e. The van der Waals surface area contributed by atoms with Crippen LogP contribution in [-0.4, -0.2) is 36.7 Å². The van der Waals surface area contributed by atoms with Crippen molar-refractivity contribution in [1.29, 1.82) is 0 Å². The molecule has 160 valence electrons. The van der Waals surface area contributed by atoms with Crippen molar-refractivity contribution in [3.8, 4) is 0 Å². The maximum atomic E-state index is 12.6. The summed E-state index contributed by atoms with van der Waals surface area (Å²) >= 11 is 0. The van der Waals surface area contributed by atoms with E-state index in [-0.39, 0.29) is 5.78 Å². The summed E-state index contributed by atoms with van der Waals surface area (Å²) in [5.41, 5.74) is 3.07. The van der Waals surface area contributed by atoms with Crippen molar-refractivity contribution < 1.29 is 23.8 Å². The third kappa shape index (κ3) is 6.17. The molecule has 0 saturated carbocycles. The third-order valence-electron chi connectivity index (χ3n) is 5.39. The van der Waals surface area contributed by atoms with E-state index in [0.717, 1.165) is 25.7 Å². The number of carbonyl (C=O) groups is 2. The van der Waals surface area contributed by atoms with Crippen LogP contribution in [0.5, 0.6) is 0 Å². The number of epoxide rings is 1. The Kier molecular flexibility index (Phi) is 8.03. The van der Waals surface area contributed by atoms with Gasteiger partial charge in [-0.3, -0.25) is 9.59 Å². The zero-order chi connectivity index (χ0) is 21.6. The number of hydrogen-bond acceptors (Lipinski definition) is 5. The molecule has 0 aromatic rings. The molecule has 0 spiro atoms. The molecular formula is C24H34O5. The lowest BCUT2D eigenvalue weighted by molar-refractivity contribution is -0.147. The van der Waals surface area contributed by atoms with Gasteiger partial charge in [-0.25, -0.2) is 0 Å². The molecule has 5 nitrogen and oxygen atoms in total. The molecule has 1 aliphatic carbocycles. The SMILES string of the molecule is COC1=CC(=O)[C@]2(C/C=C(\C)CC/C=C(\C)CCC=C(C)C)O[C@@H]2[C@@H]1OC(C)=O. The second-order valence-corrected chi connectivity index (χ2v) is 8.24. The van der Waals surface area contributed by atoms with Gasteiger partial charge in [-0.05, 0) is 53.4 Å². The topological polar surface area (TPSA) is 65.1 Å². The number of fused-ring (bicyclic) bond motifs is 1. The number of carbonyl (C=O) groups excluding carboxylic acids is 2. The van der Waals surface area contributed by atoms with E-state index < -0.39 is 23.8 Å². The zero-order valence-electron chi connectivity index (χ0n) is 18.5. The van der Waals surface area contributed by atoms with Crippen LogP contribution in [0.25, 0.3) is 0 Å². The van der Waals surface area contributed by atoms with E-state index in [1.165, 1.54) is 36.8 Å². The zero-order valence-corrected chi connectivity index (χ0v) is 18.5. The second kappa shape index (κ2) is 10.1. The van der Waals surface area contributed by atoms with Crippen LogP contribution >= 0.6 is 0 Å². The highest BCUT2D eigenvalue weighted by Gasteiger charge is 2.68. The summed E-state index contributed by atoms with van der Waals surface area (Å²) in [7, 11) is 1.46. The van der Waals surface area contributed by atoms with Crippen LogP contribution in [-0.2, 0) is 23.8 Å². The minimum atomic E-state index is -0.917. The molecule has 0 bridgehead atoms. The Morgan fingerprint density at radius 3 is 2.28 bits per heavy atom. The first-order valence-electron chi connectivity index (χ1n) is 10.3. The second-order valence-electron chi connectivity index (χ2n) is 8.24. The predicted molar refractivity (Wildman–Crippen MR) is 113 cm³/mol. The molecule has 2 rings (SSSR count). The normalized spacial score (nSPS) is 26.4. The monoisotopic (exact) mass is 402 g/mol. The van der Waals surface area contributed by atoms with Gasteiger partial charge < -0.3 is 14.2 Å². The first-order valence-corrected chi connectivity index (χ1v) is 10.3. The van der Waals surface area contributed by atoms with Crippen LogP contribution in [0.4, 0.5) is 0 Å². The molecule has 0 amide bonds. The Morgan fingerprint density at radius 1 is 1.07 bits per heavy atom. The van der Waals surface area contributed by atoms with Crippen molar-refractivity contribution in [2.45, 2.75) is 84.5 Å². The van der Waals surface area contributed by atoms with Gasteiger partial charge in [-0.15, -0.1) is 0 Å². The molecule has 0 aromatic heterocycles. The minimum absolute atomic E-state index is 0.123. The van der Waals surface area contributed by atoms with Crippen molar-refractivity contribution in [3.05, 3.63) is 46.8 Å². The molecule has 29 heavy (non-hydrogen) atoms. The van der Waals surface area contributed by atoms with Gasteiger partial charge in [0.1, 0.15) is 11.9 Å². The lowest BCUT2D eigenvalue weighted by Gasteiger charge is -2.23. The van der Waals surface area contributed by atoms with Crippen molar-refractivity contribution in [3.63, 3.8) is 0 Å². The van der Waals surface area contributed by atoms with Crippen molar-refractivity contribution >= 4 is 11.8 Å². The van der Waals surface area contributed by atoms with E-state index in [1.807, 2.05) is 0 Å². The number of hydrogen-bond donors (Lipinski definition) is 0. The Bertz CT molecular complexity index is 751. The maximum Gasteiger partial charge on any atom is 0.303 e. The van der Waals surface area contributed by atoms with Gasteiger partial charge in [-0.1, -0.05) is 34.9 Å². The summed E-state index contributed by atoms with van der Waals surface area (Å²) in [5.74, 6) is -0.199. The fraction of sp³-hybridized carbons (Fsp3) is 0.583. The average molecular weight is 403 g/mol. The maximum absolute atomic E-state index is 12.6. The lowest BCUT2D eigenvalue weighted by atomic mass is 9.86. The first-order chi connectivity index (χ1) is 13.7. The van der Waals surface area contributed by atoms with Crippen LogP contribution in [0.2, 0.25) is 0 Å². The Hall–Kier alpha value is -2.14. The molecule has 1 heterocycles. The molecule has 5 heteroatoms. The third-order valence-corrected chi connectivity index (χ3v) is 5.39. The summed E-state index contributed by atoms with van der Waals surface area (Å²) in [5, 5.41) is 0. The van der Waals surface area contributed by atoms with Crippen LogP contribution in [0.3, 0.4) is 0 Å². The van der Waals surface area contributed by atoms with Gasteiger partial charge in [0.15, 0.2) is 17.5 Å². The molecular weight excluding hydrogens is 368 g/mol. The predicted octanol–water partition coefficient (Wildman–Crippen LogP) is 4.98. The van der Waals surface area contributed by atoms with Gasteiger partial charge in [0.05, 0.1) is 7.11 Å². The van der Waals surface area contributed by atoms with Gasteiger partial charge >= 0.3 is 5.97 Å². The average Bonchev–Trinajstić information content (AvgIpc) is 3.38. The van der Waals surface area contributed by atoms with E-state index in [9.17, 15) is 9.59 Å². The van der Waals surface area contributed by atoms with Crippen LogP contribution in [0.1, 0.15) is 66.7 Å². The van der Waals surface area contributed by atoms with Gasteiger partial charge in [0.2, 0.25) is 0 Å². The van der Waals surface area contributed by atoms with E-state index >= 15 is 0 Å². The molecule has 2 aliphatic rings. The van der Waals surface area contributed by atoms with E-state index in [2.05, 4.69) is 45.9 Å². The Labute approximate surface area is 174 Å². The van der Waals surface area contributed by atoms with Gasteiger partial charge in [-0.2, -0.15) is 0 Å². The standard InChI is InChI=1S/C24H34O5/c1-16(2)9-7-10-17(3)11-8-12-18(4)13-14-24-21(26)15-20(27-6)22(23(24)29-24)28-19(5)25/h9,11,13,15,22-23H,7-8,10,12,14H2,1-6H3/b17-11+,18-13+/t22-,23-,24+/m1/s1. The van der Waals surface area contributed by atoms with E-state index in [0.29, 0.717) is 12.2 Å². The van der Waals surface area contributed by atoms with Crippen LogP contribution in [0, 0.1) is 0 Å². The highest BCUT2D eigenvalue weighted by atomic mass is 16.7. The highest BCUT2D eigenvalue weighted by molar-refractivity contribution is 6.02. The number of ether oxygens (including phenoxy) is 3. The summed E-state index contributed by atoms with van der Waals surface area (Å²) in [6.45, 7) is 9.84. The largest absolute Gasteiger partial charge is 0.497 e. The van der Waals surface area contributed by atoms with E-state index in [1.54, 1.807) is 0 Å². The van der Waals surface area contributed by atoms with Crippen molar-refractivity contribution in [2.75, 3.05) is 7.11 Å². The lowest BCUT2D eigenvalue weighted by Crippen LogP contribution is -2.39. The fourth-order valence-corrected chi connectivity index (χ4v) is 3.58. The van der Waals surface area contributed by atoms with Gasteiger partial charge in [0, 0.05) is 19.4 Å². The van der Waals surface area contributed by atoms with E-state index in [4.69, 9.17) is 14.2 Å². The number of methoxy groups -OCH3 is 1. The number of rotatable bonds is 10. The molecule has 0 radical (unpaired) electrons. The number of ketones is 1. The van der Waals surface area contributed by atoms with Crippen molar-refractivity contribution in [2.24, 2.45) is 0 Å². The highest BCUT2D eigenvalue weighted by Crippen LogP contribution is 2.49. The molecule has 0 N–H and O–H groups in total. The summed E-state index contributed by atoms with van der Waals surface area (Å²) in [6, 6.07) is 0. The van der Waals surface area contributed by atoms with Crippen LogP contribution in [0.15, 0.2) is 46.8 Å².